The first-order valence-corrected chi connectivity index (χ1v) is 8.94. The van der Waals surface area contributed by atoms with Crippen molar-refractivity contribution in [2.24, 2.45) is 0 Å². The molecule has 3 rings (SSSR count). The first kappa shape index (κ1) is 15.2. The predicted octanol–water partition coefficient (Wildman–Crippen LogP) is 3.22. The summed E-state index contributed by atoms with van der Waals surface area (Å²) < 4.78 is 27.5. The Morgan fingerprint density at radius 3 is 2.55 bits per heavy atom. The molecule has 0 N–H and O–H groups in total. The second kappa shape index (κ2) is 5.82. The Kier molecular flexibility index (Phi) is 4.02. The van der Waals surface area contributed by atoms with Crippen molar-refractivity contribution in [3.8, 4) is 0 Å². The highest BCUT2D eigenvalue weighted by atomic mass is 32.2. The van der Waals surface area contributed by atoms with Crippen LogP contribution in [0.5, 0.6) is 0 Å². The molecule has 2 heterocycles. The van der Waals surface area contributed by atoms with Gasteiger partial charge < -0.3 is 0 Å². The van der Waals surface area contributed by atoms with Crippen LogP contribution in [0.1, 0.15) is 35.7 Å². The predicted molar refractivity (Wildman–Crippen MR) is 86.0 cm³/mol. The standard InChI is InChI=1S/C17H20N2O2S/c1-13-7-9-15(10-8-13)22(20,21)19-12-4-6-17(19)16-5-3-11-18-14(16)2/h3,5,7-11,17H,4,6,12H2,1-2H3. The third kappa shape index (κ3) is 2.66. The van der Waals surface area contributed by atoms with Crippen molar-refractivity contribution in [2.75, 3.05) is 6.54 Å². The summed E-state index contributed by atoms with van der Waals surface area (Å²) >= 11 is 0. The summed E-state index contributed by atoms with van der Waals surface area (Å²) in [6.45, 7) is 4.45. The highest BCUT2D eigenvalue weighted by Gasteiger charge is 2.36. The highest BCUT2D eigenvalue weighted by Crippen LogP contribution is 2.37. The van der Waals surface area contributed by atoms with E-state index in [1.54, 1.807) is 22.6 Å². The molecule has 5 heteroatoms. The maximum Gasteiger partial charge on any atom is 0.243 e. The topological polar surface area (TPSA) is 50.3 Å². The molecule has 0 spiro atoms. The molecule has 22 heavy (non-hydrogen) atoms. The quantitative estimate of drug-likeness (QED) is 0.873. The van der Waals surface area contributed by atoms with Crippen LogP contribution in [0.25, 0.3) is 0 Å². The van der Waals surface area contributed by atoms with Crippen molar-refractivity contribution >= 4 is 10.0 Å². The molecule has 1 fully saturated rings. The van der Waals surface area contributed by atoms with E-state index in [-0.39, 0.29) is 6.04 Å². The van der Waals surface area contributed by atoms with Crippen LogP contribution < -0.4 is 0 Å². The van der Waals surface area contributed by atoms with Gasteiger partial charge in [-0.15, -0.1) is 0 Å². The lowest BCUT2D eigenvalue weighted by Gasteiger charge is -2.25. The van der Waals surface area contributed by atoms with Gasteiger partial charge in [-0.25, -0.2) is 8.42 Å². The molecule has 1 atom stereocenters. The molecule has 1 saturated heterocycles. The average Bonchev–Trinajstić information content (AvgIpc) is 2.98. The minimum absolute atomic E-state index is 0.111. The maximum atomic E-state index is 12.9. The number of rotatable bonds is 3. The van der Waals surface area contributed by atoms with Crippen LogP contribution in [0.2, 0.25) is 0 Å². The van der Waals surface area contributed by atoms with Gasteiger partial charge >= 0.3 is 0 Å². The number of hydrogen-bond donors (Lipinski definition) is 0. The second-order valence-corrected chi connectivity index (χ2v) is 7.66. The van der Waals surface area contributed by atoms with Crippen molar-refractivity contribution in [3.63, 3.8) is 0 Å². The molecular formula is C17H20N2O2S. The zero-order valence-corrected chi connectivity index (χ0v) is 13.7. The van der Waals surface area contributed by atoms with Gasteiger partial charge in [0.25, 0.3) is 0 Å². The normalized spacial score (nSPS) is 19.5. The van der Waals surface area contributed by atoms with Crippen molar-refractivity contribution in [1.82, 2.24) is 9.29 Å². The average molecular weight is 316 g/mol. The number of aromatic nitrogens is 1. The van der Waals surface area contributed by atoms with Crippen molar-refractivity contribution in [1.29, 1.82) is 0 Å². The molecule has 0 saturated carbocycles. The van der Waals surface area contributed by atoms with E-state index in [9.17, 15) is 8.42 Å². The molecule has 0 radical (unpaired) electrons. The molecule has 1 aliphatic heterocycles. The minimum Gasteiger partial charge on any atom is -0.261 e. The molecule has 1 aromatic heterocycles. The summed E-state index contributed by atoms with van der Waals surface area (Å²) in [6.07, 6.45) is 3.47. The van der Waals surface area contributed by atoms with Crippen molar-refractivity contribution in [3.05, 3.63) is 59.4 Å². The Labute approximate surface area is 131 Å². The van der Waals surface area contributed by atoms with Crippen LogP contribution in [-0.4, -0.2) is 24.3 Å². The zero-order chi connectivity index (χ0) is 15.7. The van der Waals surface area contributed by atoms with Crippen LogP contribution in [0.4, 0.5) is 0 Å². The highest BCUT2D eigenvalue weighted by molar-refractivity contribution is 7.89. The van der Waals surface area contributed by atoms with Gasteiger partial charge in [0.05, 0.1) is 10.9 Å². The van der Waals surface area contributed by atoms with E-state index in [0.29, 0.717) is 11.4 Å². The maximum absolute atomic E-state index is 12.9. The molecule has 1 aromatic carbocycles. The fourth-order valence-corrected chi connectivity index (χ4v) is 4.71. The van der Waals surface area contributed by atoms with E-state index in [1.165, 1.54) is 0 Å². The lowest BCUT2D eigenvalue weighted by Crippen LogP contribution is -2.31. The molecule has 116 valence electrons. The number of pyridine rings is 1. The lowest BCUT2D eigenvalue weighted by atomic mass is 10.0. The number of benzene rings is 1. The number of aryl methyl sites for hydroxylation is 2. The number of nitrogens with zero attached hydrogens (tertiary/aromatic N) is 2. The fraction of sp³-hybridized carbons (Fsp3) is 0.353. The molecule has 0 aliphatic carbocycles. The van der Waals surface area contributed by atoms with Gasteiger partial charge in [-0.3, -0.25) is 4.98 Å². The van der Waals surface area contributed by atoms with Crippen LogP contribution in [0.3, 0.4) is 0 Å². The zero-order valence-electron chi connectivity index (χ0n) is 12.9. The van der Waals surface area contributed by atoms with E-state index in [0.717, 1.165) is 29.7 Å². The molecule has 4 nitrogen and oxygen atoms in total. The second-order valence-electron chi connectivity index (χ2n) is 5.76. The third-order valence-electron chi connectivity index (χ3n) is 4.24. The van der Waals surface area contributed by atoms with Crippen molar-refractivity contribution in [2.45, 2.75) is 37.6 Å². The first-order valence-electron chi connectivity index (χ1n) is 7.50. The van der Waals surface area contributed by atoms with Gasteiger partial charge in [-0.05, 0) is 50.5 Å². The molecule has 1 unspecified atom stereocenters. The Balaban J connectivity index is 1.99. The number of hydrogen-bond acceptors (Lipinski definition) is 3. The Morgan fingerprint density at radius 2 is 1.86 bits per heavy atom. The van der Waals surface area contributed by atoms with E-state index >= 15 is 0 Å². The van der Waals surface area contributed by atoms with Gasteiger partial charge in [0.15, 0.2) is 0 Å². The monoisotopic (exact) mass is 316 g/mol. The molecule has 1 aliphatic rings. The Bertz CT molecular complexity index is 770. The van der Waals surface area contributed by atoms with Gasteiger partial charge in [-0.2, -0.15) is 4.31 Å². The van der Waals surface area contributed by atoms with Crippen LogP contribution in [0, 0.1) is 13.8 Å². The van der Waals surface area contributed by atoms with Crippen molar-refractivity contribution < 1.29 is 8.42 Å². The summed E-state index contributed by atoms with van der Waals surface area (Å²) in [5, 5.41) is 0. The fourth-order valence-electron chi connectivity index (χ4n) is 3.03. The Hall–Kier alpha value is -1.72. The van der Waals surface area contributed by atoms with E-state index in [1.807, 2.05) is 38.1 Å². The Morgan fingerprint density at radius 1 is 1.14 bits per heavy atom. The summed E-state index contributed by atoms with van der Waals surface area (Å²) in [5.41, 5.74) is 2.97. The van der Waals surface area contributed by atoms with Gasteiger partial charge in [0.1, 0.15) is 0 Å². The summed E-state index contributed by atoms with van der Waals surface area (Å²) in [7, 11) is -3.46. The van der Waals surface area contributed by atoms with Gasteiger partial charge in [-0.1, -0.05) is 23.8 Å². The third-order valence-corrected chi connectivity index (χ3v) is 6.16. The van der Waals surface area contributed by atoms with Gasteiger partial charge in [0, 0.05) is 18.4 Å². The summed E-state index contributed by atoms with van der Waals surface area (Å²) in [4.78, 5) is 4.67. The number of sulfonamides is 1. The molecule has 2 aromatic rings. The van der Waals surface area contributed by atoms with Crippen LogP contribution in [0.15, 0.2) is 47.5 Å². The van der Waals surface area contributed by atoms with E-state index in [2.05, 4.69) is 4.98 Å². The SMILES string of the molecule is Cc1ccc(S(=O)(=O)N2CCCC2c2cccnc2C)cc1. The van der Waals surface area contributed by atoms with Crippen LogP contribution in [-0.2, 0) is 10.0 Å². The first-order chi connectivity index (χ1) is 10.5. The smallest absolute Gasteiger partial charge is 0.243 e. The van der Waals surface area contributed by atoms with Gasteiger partial charge in [0.2, 0.25) is 10.0 Å². The minimum atomic E-state index is -3.46. The molecule has 0 bridgehead atoms. The van der Waals surface area contributed by atoms with E-state index in [4.69, 9.17) is 0 Å². The lowest BCUT2D eigenvalue weighted by molar-refractivity contribution is 0.395. The molecular weight excluding hydrogens is 296 g/mol. The summed E-state index contributed by atoms with van der Waals surface area (Å²) in [6, 6.07) is 10.8. The van der Waals surface area contributed by atoms with E-state index < -0.39 is 10.0 Å². The largest absolute Gasteiger partial charge is 0.261 e. The van der Waals surface area contributed by atoms with Crippen LogP contribution >= 0.6 is 0 Å². The summed E-state index contributed by atoms with van der Waals surface area (Å²) in [5.74, 6) is 0. The molecule has 0 amide bonds.